The minimum absolute atomic E-state index is 0.0863. The fourth-order valence-electron chi connectivity index (χ4n) is 2.82. The van der Waals surface area contributed by atoms with Crippen molar-refractivity contribution in [3.05, 3.63) is 34.3 Å². The van der Waals surface area contributed by atoms with Gasteiger partial charge in [-0.05, 0) is 43.5 Å². The van der Waals surface area contributed by atoms with Crippen molar-refractivity contribution < 1.29 is 18.3 Å². The number of aliphatic hydroxyl groups excluding tert-OH is 1. The minimum Gasteiger partial charge on any atom is -0.391 e. The molecule has 11 heteroatoms. The summed E-state index contributed by atoms with van der Waals surface area (Å²) in [5.41, 5.74) is 7.46. The van der Waals surface area contributed by atoms with Gasteiger partial charge >= 0.3 is 0 Å². The second-order valence-corrected chi connectivity index (χ2v) is 9.30. The van der Waals surface area contributed by atoms with E-state index in [1.165, 1.54) is 17.9 Å². The van der Waals surface area contributed by atoms with Crippen molar-refractivity contribution in [1.82, 2.24) is 15.1 Å². The Hall–Kier alpha value is -2.08. The van der Waals surface area contributed by atoms with Gasteiger partial charge in [0.2, 0.25) is 11.0 Å². The second-order valence-electron chi connectivity index (χ2n) is 6.44. The van der Waals surface area contributed by atoms with Crippen molar-refractivity contribution in [2.75, 3.05) is 11.3 Å². The molecule has 1 aromatic carbocycles. The molecule has 3 rings (SSSR count). The molecule has 1 aliphatic heterocycles. The molecular weight excluding hydrogens is 390 g/mol. The molecule has 0 saturated carbocycles. The molecule has 0 radical (unpaired) electrons. The van der Waals surface area contributed by atoms with Crippen LogP contribution in [-0.4, -0.2) is 53.2 Å². The van der Waals surface area contributed by atoms with Crippen molar-refractivity contribution in [2.24, 2.45) is 5.73 Å². The largest absolute Gasteiger partial charge is 0.391 e. The van der Waals surface area contributed by atoms with Crippen LogP contribution in [0.5, 0.6) is 0 Å². The van der Waals surface area contributed by atoms with Crippen molar-refractivity contribution in [3.63, 3.8) is 0 Å². The van der Waals surface area contributed by atoms with Gasteiger partial charge in [-0.2, -0.15) is 0 Å². The molecule has 1 amide bonds. The lowest BCUT2D eigenvalue weighted by atomic mass is 9.99. The number of benzene rings is 1. The number of fused-ring (bicyclic) bond motifs is 1. The number of anilines is 1. The maximum atomic E-state index is 12.6. The maximum absolute atomic E-state index is 12.6. The number of hydrogen-bond acceptors (Lipinski definition) is 8. The van der Waals surface area contributed by atoms with Gasteiger partial charge in [0.05, 0.1) is 11.0 Å². The lowest BCUT2D eigenvalue weighted by Gasteiger charge is -2.31. The molecule has 0 unspecified atom stereocenters. The Morgan fingerprint density at radius 3 is 2.74 bits per heavy atom. The summed E-state index contributed by atoms with van der Waals surface area (Å²) < 4.78 is 27.6. The fourth-order valence-corrected chi connectivity index (χ4v) is 4.69. The predicted octanol–water partition coefficient (Wildman–Crippen LogP) is 0.240. The van der Waals surface area contributed by atoms with E-state index in [-0.39, 0.29) is 22.5 Å². The molecular formula is C16H21N5O4S2. The van der Waals surface area contributed by atoms with Gasteiger partial charge in [0.15, 0.2) is 0 Å². The van der Waals surface area contributed by atoms with Gasteiger partial charge in [-0.25, -0.2) is 8.42 Å². The van der Waals surface area contributed by atoms with Crippen LogP contribution < -0.4 is 10.5 Å². The van der Waals surface area contributed by atoms with E-state index in [9.17, 15) is 18.3 Å². The highest BCUT2D eigenvalue weighted by atomic mass is 32.2. The Kier molecular flexibility index (Phi) is 5.47. The molecule has 27 heavy (non-hydrogen) atoms. The molecule has 2 heterocycles. The molecule has 4 N–H and O–H groups in total. The number of carbonyl (C=O) groups is 1. The molecule has 0 spiro atoms. The summed E-state index contributed by atoms with van der Waals surface area (Å²) in [5, 5.41) is 18.0. The SMILES string of the molecule is Cc1nnc(NS(=O)(=O)c2ccc3c(c2)CN(C(=O)[C@@H](N)[C@@H](C)O)CC3)s1. The number of aromatic nitrogens is 2. The molecule has 0 bridgehead atoms. The Balaban J connectivity index is 1.82. The number of nitrogens with two attached hydrogens (primary N) is 1. The number of hydrogen-bond donors (Lipinski definition) is 3. The van der Waals surface area contributed by atoms with Crippen LogP contribution in [0.3, 0.4) is 0 Å². The Labute approximate surface area is 161 Å². The minimum atomic E-state index is -3.81. The first kappa shape index (κ1) is 19.7. The summed E-state index contributed by atoms with van der Waals surface area (Å²) in [5.74, 6) is -0.355. The monoisotopic (exact) mass is 411 g/mol. The van der Waals surface area contributed by atoms with Gasteiger partial charge in [0.25, 0.3) is 10.0 Å². The molecule has 2 atom stereocenters. The molecule has 1 aliphatic rings. The number of sulfonamides is 1. The van der Waals surface area contributed by atoms with Crippen LogP contribution in [0.15, 0.2) is 23.1 Å². The summed E-state index contributed by atoms with van der Waals surface area (Å²) >= 11 is 1.15. The fraction of sp³-hybridized carbons (Fsp3) is 0.438. The smallest absolute Gasteiger partial charge is 0.263 e. The Morgan fingerprint density at radius 2 is 2.11 bits per heavy atom. The number of carbonyl (C=O) groups excluding carboxylic acids is 1. The van der Waals surface area contributed by atoms with E-state index in [4.69, 9.17) is 5.73 Å². The summed E-state index contributed by atoms with van der Waals surface area (Å²) in [7, 11) is -3.81. The first-order valence-electron chi connectivity index (χ1n) is 8.34. The third-order valence-corrected chi connectivity index (χ3v) is 6.58. The highest BCUT2D eigenvalue weighted by Gasteiger charge is 2.28. The average molecular weight is 412 g/mol. The van der Waals surface area contributed by atoms with Crippen LogP contribution in [-0.2, 0) is 27.8 Å². The van der Waals surface area contributed by atoms with Crippen LogP contribution in [0.1, 0.15) is 23.1 Å². The normalized spacial score (nSPS) is 16.5. The van der Waals surface area contributed by atoms with E-state index in [0.717, 1.165) is 22.5 Å². The zero-order valence-corrected chi connectivity index (χ0v) is 16.5. The van der Waals surface area contributed by atoms with Crippen LogP contribution in [0.4, 0.5) is 5.13 Å². The van der Waals surface area contributed by atoms with Gasteiger partial charge < -0.3 is 15.7 Å². The molecule has 1 aromatic heterocycles. The van der Waals surface area contributed by atoms with Gasteiger partial charge in [-0.1, -0.05) is 17.4 Å². The molecule has 0 saturated heterocycles. The average Bonchev–Trinajstić information content (AvgIpc) is 3.03. The van der Waals surface area contributed by atoms with Crippen molar-refractivity contribution in [3.8, 4) is 0 Å². The van der Waals surface area contributed by atoms with Crippen LogP contribution in [0.2, 0.25) is 0 Å². The van der Waals surface area contributed by atoms with Crippen LogP contribution >= 0.6 is 11.3 Å². The maximum Gasteiger partial charge on any atom is 0.263 e. The molecule has 0 aliphatic carbocycles. The summed E-state index contributed by atoms with van der Waals surface area (Å²) in [4.78, 5) is 14.0. The third kappa shape index (κ3) is 4.26. The van der Waals surface area contributed by atoms with Crippen LogP contribution in [0.25, 0.3) is 0 Å². The molecule has 146 valence electrons. The van der Waals surface area contributed by atoms with Gasteiger partial charge in [0, 0.05) is 13.1 Å². The van der Waals surface area contributed by atoms with Gasteiger partial charge in [-0.15, -0.1) is 10.2 Å². The number of rotatable bonds is 5. The molecule has 2 aromatic rings. The summed E-state index contributed by atoms with van der Waals surface area (Å²) in [6, 6.07) is 3.85. The standard InChI is InChI=1S/C16H21N5O4S2/c1-9(22)14(17)15(23)21-6-5-11-3-4-13(7-12(11)8-21)27(24,25)20-16-19-18-10(2)26-16/h3-4,7,9,14,22H,5-6,8,17H2,1-2H3,(H,19,20)/t9-,14+/m1/s1. The van der Waals surface area contributed by atoms with Gasteiger partial charge in [0.1, 0.15) is 11.0 Å². The Morgan fingerprint density at radius 1 is 1.37 bits per heavy atom. The Bertz CT molecular complexity index is 957. The highest BCUT2D eigenvalue weighted by Crippen LogP contribution is 2.25. The molecule has 0 fully saturated rings. The topological polar surface area (TPSA) is 139 Å². The van der Waals surface area contributed by atoms with E-state index in [1.807, 2.05) is 0 Å². The highest BCUT2D eigenvalue weighted by molar-refractivity contribution is 7.93. The molecule has 9 nitrogen and oxygen atoms in total. The van der Waals surface area contributed by atoms with E-state index in [1.54, 1.807) is 19.1 Å². The lowest BCUT2D eigenvalue weighted by molar-refractivity contribution is -0.135. The van der Waals surface area contributed by atoms with Crippen molar-refractivity contribution in [2.45, 2.75) is 43.9 Å². The van der Waals surface area contributed by atoms with E-state index in [2.05, 4.69) is 14.9 Å². The van der Waals surface area contributed by atoms with Crippen LogP contribution in [0, 0.1) is 6.92 Å². The van der Waals surface area contributed by atoms with Crippen molar-refractivity contribution >= 4 is 32.4 Å². The lowest BCUT2D eigenvalue weighted by Crippen LogP contribution is -2.50. The quantitative estimate of drug-likeness (QED) is 0.640. The van der Waals surface area contributed by atoms with E-state index < -0.39 is 22.2 Å². The number of aryl methyl sites for hydroxylation is 1. The zero-order valence-electron chi connectivity index (χ0n) is 14.9. The number of nitrogens with zero attached hydrogens (tertiary/aromatic N) is 3. The first-order chi connectivity index (χ1) is 12.7. The summed E-state index contributed by atoms with van der Waals surface area (Å²) in [6.45, 7) is 3.92. The number of amides is 1. The van der Waals surface area contributed by atoms with Gasteiger partial charge in [-0.3, -0.25) is 9.52 Å². The number of aliphatic hydroxyl groups is 1. The third-order valence-electron chi connectivity index (χ3n) is 4.36. The van der Waals surface area contributed by atoms with E-state index >= 15 is 0 Å². The predicted molar refractivity (Wildman–Crippen MR) is 101 cm³/mol. The second kappa shape index (κ2) is 7.50. The number of nitrogens with one attached hydrogen (secondary N) is 1. The first-order valence-corrected chi connectivity index (χ1v) is 10.6. The summed E-state index contributed by atoms with van der Waals surface area (Å²) in [6.07, 6.45) is -0.359. The van der Waals surface area contributed by atoms with E-state index in [0.29, 0.717) is 18.0 Å². The zero-order chi connectivity index (χ0) is 19.8. The van der Waals surface area contributed by atoms with Crippen molar-refractivity contribution in [1.29, 1.82) is 0 Å².